The van der Waals surface area contributed by atoms with Crippen molar-refractivity contribution >= 4 is 0 Å². The molecule has 1 atom stereocenters. The lowest BCUT2D eigenvalue weighted by molar-refractivity contribution is 0.0741. The Hall–Kier alpha value is -0.220. The summed E-state index contributed by atoms with van der Waals surface area (Å²) in [7, 11) is 1.77. The topological polar surface area (TPSA) is 15.3 Å². The third-order valence-corrected chi connectivity index (χ3v) is 2.32. The van der Waals surface area contributed by atoms with Gasteiger partial charge in [0.2, 0.25) is 0 Å². The normalized spacial score (nSPS) is 25.2. The fourth-order valence-corrected chi connectivity index (χ4v) is 1.58. The average molecular weight is 178 g/mol. The molecule has 4 heteroatoms. The maximum atomic E-state index is 12.0. The van der Waals surface area contributed by atoms with Gasteiger partial charge in [-0.15, -0.1) is 0 Å². The molecule has 0 amide bonds. The highest BCUT2D eigenvalue weighted by atomic mass is 19.3. The van der Waals surface area contributed by atoms with Crippen molar-refractivity contribution in [2.75, 3.05) is 26.7 Å². The molecule has 1 aliphatic heterocycles. The number of nitrogens with zero attached hydrogens (tertiary/aromatic N) is 1. The minimum atomic E-state index is -2.21. The molecule has 1 rings (SSSR count). The Morgan fingerprint density at radius 3 is 2.83 bits per heavy atom. The van der Waals surface area contributed by atoms with Gasteiger partial charge in [0.15, 0.2) is 0 Å². The zero-order chi connectivity index (χ0) is 8.97. The molecule has 1 aliphatic rings. The van der Waals surface area contributed by atoms with Crippen LogP contribution in [0.4, 0.5) is 8.78 Å². The number of halogens is 2. The first-order valence-corrected chi connectivity index (χ1v) is 4.39. The molecule has 72 valence electrons. The van der Waals surface area contributed by atoms with E-state index in [4.69, 9.17) is 0 Å². The molecule has 0 bridgehead atoms. The second kappa shape index (κ2) is 4.72. The second-order valence-electron chi connectivity index (χ2n) is 3.33. The zero-order valence-corrected chi connectivity index (χ0v) is 7.39. The van der Waals surface area contributed by atoms with Crippen molar-refractivity contribution in [3.63, 3.8) is 0 Å². The van der Waals surface area contributed by atoms with Gasteiger partial charge in [0, 0.05) is 12.6 Å². The van der Waals surface area contributed by atoms with Crippen molar-refractivity contribution in [2.45, 2.75) is 25.3 Å². The van der Waals surface area contributed by atoms with Crippen LogP contribution in [0.15, 0.2) is 0 Å². The first-order chi connectivity index (χ1) is 5.70. The smallest absolute Gasteiger partial charge is 0.251 e. The Morgan fingerprint density at radius 2 is 2.33 bits per heavy atom. The number of likely N-dealkylation sites (N-methyl/N-ethyl adjacent to an activating group) is 1. The summed E-state index contributed by atoms with van der Waals surface area (Å²) in [6.07, 6.45) is -0.0778. The molecule has 0 aromatic rings. The van der Waals surface area contributed by atoms with E-state index in [9.17, 15) is 8.78 Å². The molecule has 0 saturated carbocycles. The molecule has 0 aromatic carbocycles. The van der Waals surface area contributed by atoms with E-state index in [0.29, 0.717) is 6.04 Å². The van der Waals surface area contributed by atoms with Crippen molar-refractivity contribution in [1.29, 1.82) is 0 Å². The van der Waals surface area contributed by atoms with Gasteiger partial charge in [-0.2, -0.15) is 0 Å². The molecule has 1 heterocycles. The van der Waals surface area contributed by atoms with E-state index in [1.54, 1.807) is 11.9 Å². The average Bonchev–Trinajstić information content (AvgIpc) is 2.05. The lowest BCUT2D eigenvalue weighted by atomic mass is 10.1. The summed E-state index contributed by atoms with van der Waals surface area (Å²) in [5, 5.41) is 3.20. The minimum absolute atomic E-state index is 0.105. The maximum Gasteiger partial charge on any atom is 0.251 e. The summed E-state index contributed by atoms with van der Waals surface area (Å²) in [5.74, 6) is 0. The number of hydrogen-bond donors (Lipinski definition) is 1. The zero-order valence-electron chi connectivity index (χ0n) is 7.39. The first kappa shape index (κ1) is 9.86. The third kappa shape index (κ3) is 3.03. The SMILES string of the molecule is CN(CC(F)F)[C@H]1CCCNC1. The predicted octanol–water partition coefficient (Wildman–Crippen LogP) is 0.935. The van der Waals surface area contributed by atoms with Crippen LogP contribution < -0.4 is 5.32 Å². The number of nitrogens with one attached hydrogen (secondary N) is 1. The Kier molecular flexibility index (Phi) is 3.88. The van der Waals surface area contributed by atoms with Crippen molar-refractivity contribution < 1.29 is 8.78 Å². The molecule has 0 unspecified atom stereocenters. The van der Waals surface area contributed by atoms with Crippen LogP contribution in [-0.4, -0.2) is 44.0 Å². The highest BCUT2D eigenvalue weighted by molar-refractivity contribution is 4.76. The van der Waals surface area contributed by atoms with Crippen LogP contribution in [0.1, 0.15) is 12.8 Å². The molecular formula is C8H16F2N2. The van der Waals surface area contributed by atoms with Crippen molar-refractivity contribution in [3.8, 4) is 0 Å². The molecule has 1 fully saturated rings. The fourth-order valence-electron chi connectivity index (χ4n) is 1.58. The molecule has 2 nitrogen and oxygen atoms in total. The van der Waals surface area contributed by atoms with Crippen LogP contribution in [0.25, 0.3) is 0 Å². The van der Waals surface area contributed by atoms with E-state index < -0.39 is 6.43 Å². The first-order valence-electron chi connectivity index (χ1n) is 4.39. The van der Waals surface area contributed by atoms with Gasteiger partial charge in [-0.3, -0.25) is 4.90 Å². The quantitative estimate of drug-likeness (QED) is 0.691. The number of hydrogen-bond acceptors (Lipinski definition) is 2. The van der Waals surface area contributed by atoms with Crippen molar-refractivity contribution in [3.05, 3.63) is 0 Å². The standard InChI is InChI=1S/C8H16F2N2/c1-12(6-8(9)10)7-3-2-4-11-5-7/h7-8,11H,2-6H2,1H3/t7-/m0/s1. The summed E-state index contributed by atoms with van der Waals surface area (Å²) >= 11 is 0. The Balaban J connectivity index is 2.24. The summed E-state index contributed by atoms with van der Waals surface area (Å²) < 4.78 is 24.0. The molecule has 12 heavy (non-hydrogen) atoms. The number of rotatable bonds is 3. The molecule has 0 aliphatic carbocycles. The number of alkyl halides is 2. The van der Waals surface area contributed by atoms with E-state index in [2.05, 4.69) is 5.32 Å². The Morgan fingerprint density at radius 1 is 1.58 bits per heavy atom. The Labute approximate surface area is 71.9 Å². The van der Waals surface area contributed by atoms with Crippen molar-refractivity contribution in [2.24, 2.45) is 0 Å². The maximum absolute atomic E-state index is 12.0. The molecule has 0 radical (unpaired) electrons. The van der Waals surface area contributed by atoms with Gasteiger partial charge in [-0.25, -0.2) is 8.78 Å². The second-order valence-corrected chi connectivity index (χ2v) is 3.33. The summed E-state index contributed by atoms with van der Waals surface area (Å²) in [4.78, 5) is 1.75. The van der Waals surface area contributed by atoms with Gasteiger partial charge < -0.3 is 5.32 Å². The lowest BCUT2D eigenvalue weighted by Crippen LogP contribution is -2.45. The van der Waals surface area contributed by atoms with Crippen LogP contribution in [0.2, 0.25) is 0 Å². The third-order valence-electron chi connectivity index (χ3n) is 2.32. The van der Waals surface area contributed by atoms with Crippen LogP contribution >= 0.6 is 0 Å². The van der Waals surface area contributed by atoms with E-state index >= 15 is 0 Å². The molecule has 0 spiro atoms. The fraction of sp³-hybridized carbons (Fsp3) is 1.00. The largest absolute Gasteiger partial charge is 0.315 e. The minimum Gasteiger partial charge on any atom is -0.315 e. The van der Waals surface area contributed by atoms with E-state index in [-0.39, 0.29) is 6.54 Å². The predicted molar refractivity (Wildman–Crippen MR) is 44.5 cm³/mol. The van der Waals surface area contributed by atoms with Gasteiger partial charge in [0.25, 0.3) is 6.43 Å². The molecule has 0 aromatic heterocycles. The van der Waals surface area contributed by atoms with Gasteiger partial charge >= 0.3 is 0 Å². The van der Waals surface area contributed by atoms with E-state index in [0.717, 1.165) is 25.9 Å². The van der Waals surface area contributed by atoms with Crippen LogP contribution in [0.3, 0.4) is 0 Å². The Bertz CT molecular complexity index is 124. The van der Waals surface area contributed by atoms with Crippen LogP contribution in [0.5, 0.6) is 0 Å². The van der Waals surface area contributed by atoms with Crippen LogP contribution in [0, 0.1) is 0 Å². The van der Waals surface area contributed by atoms with Gasteiger partial charge in [0.1, 0.15) is 0 Å². The summed E-state index contributed by atoms with van der Waals surface area (Å²) in [6, 6.07) is 0.299. The number of piperidine rings is 1. The molecule has 1 saturated heterocycles. The van der Waals surface area contributed by atoms with Crippen molar-refractivity contribution in [1.82, 2.24) is 10.2 Å². The van der Waals surface area contributed by atoms with E-state index in [1.165, 1.54) is 0 Å². The van der Waals surface area contributed by atoms with E-state index in [1.807, 2.05) is 0 Å². The summed E-state index contributed by atoms with van der Waals surface area (Å²) in [6.45, 7) is 1.77. The van der Waals surface area contributed by atoms with Gasteiger partial charge in [-0.1, -0.05) is 0 Å². The van der Waals surface area contributed by atoms with Gasteiger partial charge in [0.05, 0.1) is 6.54 Å². The van der Waals surface area contributed by atoms with Crippen LogP contribution in [-0.2, 0) is 0 Å². The van der Waals surface area contributed by atoms with Gasteiger partial charge in [-0.05, 0) is 26.4 Å². The molecular weight excluding hydrogens is 162 g/mol. The lowest BCUT2D eigenvalue weighted by Gasteiger charge is -2.31. The highest BCUT2D eigenvalue weighted by Crippen LogP contribution is 2.09. The molecule has 1 N–H and O–H groups in total. The monoisotopic (exact) mass is 178 g/mol. The highest BCUT2D eigenvalue weighted by Gasteiger charge is 2.19. The summed E-state index contributed by atoms with van der Waals surface area (Å²) in [5.41, 5.74) is 0.